The molecule has 4 heterocycles. The van der Waals surface area contributed by atoms with Crippen molar-refractivity contribution in [1.29, 1.82) is 0 Å². The van der Waals surface area contributed by atoms with E-state index in [-0.39, 0.29) is 41.8 Å². The summed E-state index contributed by atoms with van der Waals surface area (Å²) in [7, 11) is -8.28. The third-order valence-electron chi connectivity index (χ3n) is 8.18. The molecule has 1 saturated carbocycles. The molecule has 0 amide bonds. The Balaban J connectivity index is 1.31. The molecule has 220 valence electrons. The molecule has 10 nitrogen and oxygen atoms in total. The number of nitrogens with one attached hydrogen (secondary N) is 1. The molecule has 3 aromatic heterocycles. The molecule has 1 aliphatic carbocycles. The highest BCUT2D eigenvalue weighted by Gasteiger charge is 2.51. The first-order chi connectivity index (χ1) is 19.3. The van der Waals surface area contributed by atoms with Gasteiger partial charge in [-0.2, -0.15) is 30.6 Å². The summed E-state index contributed by atoms with van der Waals surface area (Å²) in [6.07, 6.45) is 0.610. The summed E-state index contributed by atoms with van der Waals surface area (Å²) in [5.41, 5.74) is 2.30. The minimum atomic E-state index is -4.63. The fourth-order valence-electron chi connectivity index (χ4n) is 6.17. The van der Waals surface area contributed by atoms with Gasteiger partial charge in [0.05, 0.1) is 28.3 Å². The van der Waals surface area contributed by atoms with E-state index in [0.717, 1.165) is 9.54 Å². The largest absolute Gasteiger partial charge is 0.405 e. The van der Waals surface area contributed by atoms with Crippen molar-refractivity contribution < 1.29 is 30.0 Å². The SMILES string of the molecule is Cc1ccc(S(=O)(=O)n2ccc3c2ncc2cnc([C@H]4C[C@@H](NS(=O)(=O)N5CCC[C@@H]5C(F)(F)F)C[C@H]4C)n23)cc1. The van der Waals surface area contributed by atoms with Crippen molar-refractivity contribution in [2.45, 2.75) is 68.6 Å². The lowest BCUT2D eigenvalue weighted by Crippen LogP contribution is -2.51. The highest BCUT2D eigenvalue weighted by molar-refractivity contribution is 7.90. The van der Waals surface area contributed by atoms with E-state index < -0.39 is 38.5 Å². The Labute approximate surface area is 235 Å². The Morgan fingerprint density at radius 3 is 2.41 bits per heavy atom. The lowest BCUT2D eigenvalue weighted by Gasteiger charge is -2.27. The molecular weight excluding hydrogens is 581 g/mol. The fraction of sp³-hybridized carbons (Fsp3) is 0.462. The zero-order valence-electron chi connectivity index (χ0n) is 22.3. The van der Waals surface area contributed by atoms with Gasteiger partial charge < -0.3 is 0 Å². The summed E-state index contributed by atoms with van der Waals surface area (Å²) >= 11 is 0. The first kappa shape index (κ1) is 28.1. The van der Waals surface area contributed by atoms with E-state index in [4.69, 9.17) is 0 Å². The Hall–Kier alpha value is -3.01. The predicted molar refractivity (Wildman–Crippen MR) is 145 cm³/mol. The van der Waals surface area contributed by atoms with E-state index in [2.05, 4.69) is 14.7 Å². The maximum Gasteiger partial charge on any atom is 0.405 e. The molecule has 4 aromatic rings. The number of aryl methyl sites for hydroxylation is 1. The summed E-state index contributed by atoms with van der Waals surface area (Å²) in [4.78, 5) is 9.13. The second-order valence-electron chi connectivity index (χ2n) is 11.0. The molecule has 0 radical (unpaired) electrons. The van der Waals surface area contributed by atoms with E-state index in [1.54, 1.807) is 24.4 Å². The molecule has 2 fully saturated rings. The van der Waals surface area contributed by atoms with Crippen LogP contribution in [0.1, 0.15) is 49.9 Å². The summed E-state index contributed by atoms with van der Waals surface area (Å²) in [5, 5.41) is 0. The minimum Gasteiger partial charge on any atom is -0.291 e. The maximum atomic E-state index is 13.4. The van der Waals surface area contributed by atoms with Crippen LogP contribution in [0.25, 0.3) is 16.7 Å². The number of hydrogen-bond acceptors (Lipinski definition) is 6. The van der Waals surface area contributed by atoms with Gasteiger partial charge in [0.15, 0.2) is 5.65 Å². The normalized spacial score (nSPS) is 24.6. The number of aromatic nitrogens is 4. The maximum absolute atomic E-state index is 13.4. The Morgan fingerprint density at radius 1 is 1.00 bits per heavy atom. The van der Waals surface area contributed by atoms with Crippen LogP contribution in [-0.2, 0) is 20.2 Å². The lowest BCUT2D eigenvalue weighted by molar-refractivity contribution is -0.165. The molecule has 4 atom stereocenters. The van der Waals surface area contributed by atoms with Gasteiger partial charge in [0.1, 0.15) is 11.9 Å². The zero-order chi connectivity index (χ0) is 29.3. The number of benzene rings is 1. The molecular formula is C26H29F3N6O4S2. The van der Waals surface area contributed by atoms with Gasteiger partial charge >= 0.3 is 6.18 Å². The molecule has 6 rings (SSSR count). The predicted octanol–water partition coefficient (Wildman–Crippen LogP) is 3.97. The number of fused-ring (bicyclic) bond motifs is 3. The van der Waals surface area contributed by atoms with Gasteiger partial charge in [0.25, 0.3) is 20.2 Å². The van der Waals surface area contributed by atoms with Gasteiger partial charge in [-0.25, -0.2) is 22.4 Å². The Bertz CT molecular complexity index is 1830. The fourth-order valence-corrected chi connectivity index (χ4v) is 9.15. The number of rotatable bonds is 6. The van der Waals surface area contributed by atoms with E-state index >= 15 is 0 Å². The van der Waals surface area contributed by atoms with Gasteiger partial charge in [0.2, 0.25) is 0 Å². The topological polar surface area (TPSA) is 119 Å². The van der Waals surface area contributed by atoms with Crippen LogP contribution in [0.4, 0.5) is 13.2 Å². The van der Waals surface area contributed by atoms with Gasteiger partial charge in [-0.1, -0.05) is 24.6 Å². The average molecular weight is 611 g/mol. The summed E-state index contributed by atoms with van der Waals surface area (Å²) in [5.74, 6) is 0.332. The quantitative estimate of drug-likeness (QED) is 0.353. The van der Waals surface area contributed by atoms with Crippen LogP contribution in [0.3, 0.4) is 0 Å². The van der Waals surface area contributed by atoms with Gasteiger partial charge in [-0.15, -0.1) is 0 Å². The first-order valence-electron chi connectivity index (χ1n) is 13.3. The van der Waals surface area contributed by atoms with E-state index in [1.165, 1.54) is 24.5 Å². The average Bonchev–Trinajstić information content (AvgIpc) is 3.68. The summed E-state index contributed by atoms with van der Waals surface area (Å²) in [6.45, 7) is 3.63. The highest BCUT2D eigenvalue weighted by Crippen LogP contribution is 2.41. The number of alkyl halides is 3. The first-order valence-corrected chi connectivity index (χ1v) is 16.2. The molecule has 1 aromatic carbocycles. The van der Waals surface area contributed by atoms with Gasteiger partial charge in [0, 0.05) is 24.7 Å². The van der Waals surface area contributed by atoms with Crippen molar-refractivity contribution in [3.05, 3.63) is 60.3 Å². The minimum absolute atomic E-state index is 0.0492. The van der Waals surface area contributed by atoms with Crippen LogP contribution >= 0.6 is 0 Å². The molecule has 0 spiro atoms. The van der Waals surface area contributed by atoms with E-state index in [1.807, 2.05) is 18.2 Å². The smallest absolute Gasteiger partial charge is 0.291 e. The van der Waals surface area contributed by atoms with Crippen LogP contribution < -0.4 is 4.72 Å². The number of nitrogens with zero attached hydrogens (tertiary/aromatic N) is 5. The summed E-state index contributed by atoms with van der Waals surface area (Å²) in [6, 6.07) is 5.57. The second kappa shape index (κ2) is 9.78. The van der Waals surface area contributed by atoms with Crippen LogP contribution in [0.15, 0.2) is 53.8 Å². The van der Waals surface area contributed by atoms with Crippen LogP contribution in [0, 0.1) is 12.8 Å². The molecule has 1 aliphatic heterocycles. The van der Waals surface area contributed by atoms with Crippen molar-refractivity contribution in [3.63, 3.8) is 0 Å². The lowest BCUT2D eigenvalue weighted by atomic mass is 9.97. The van der Waals surface area contributed by atoms with Crippen molar-refractivity contribution in [3.8, 4) is 0 Å². The van der Waals surface area contributed by atoms with E-state index in [9.17, 15) is 30.0 Å². The molecule has 41 heavy (non-hydrogen) atoms. The number of halogens is 3. The van der Waals surface area contributed by atoms with Gasteiger partial charge in [-0.3, -0.25) is 4.40 Å². The number of hydrogen-bond donors (Lipinski definition) is 1. The Kier molecular flexibility index (Phi) is 6.71. The van der Waals surface area contributed by atoms with Crippen molar-refractivity contribution in [1.82, 2.24) is 27.4 Å². The highest BCUT2D eigenvalue weighted by atomic mass is 32.2. The summed E-state index contributed by atoms with van der Waals surface area (Å²) < 4.78 is 99.1. The van der Waals surface area contributed by atoms with Crippen molar-refractivity contribution in [2.24, 2.45) is 5.92 Å². The zero-order valence-corrected chi connectivity index (χ0v) is 23.9. The molecule has 1 saturated heterocycles. The monoisotopic (exact) mass is 610 g/mol. The molecule has 0 unspecified atom stereocenters. The third kappa shape index (κ3) is 4.81. The van der Waals surface area contributed by atoms with Crippen molar-refractivity contribution >= 4 is 36.9 Å². The standard InChI is InChI=1S/C26H29F3N6O4S2/c1-16-5-7-20(8-6-16)40(36,37)34-11-9-22-25(34)31-15-19-14-30-24(35(19)22)21-13-18(12-17(21)2)32-41(38,39)33-10-3-4-23(33)26(27,28)29/h5-9,11,14-15,17-18,21,23,32H,3-4,10,12-13H2,1-2H3/t17-,18+,21+,23-/m1/s1. The van der Waals surface area contributed by atoms with Crippen molar-refractivity contribution in [2.75, 3.05) is 6.54 Å². The van der Waals surface area contributed by atoms with Gasteiger partial charge in [-0.05, 0) is 56.7 Å². The molecule has 1 N–H and O–H groups in total. The molecule has 2 aliphatic rings. The van der Waals surface area contributed by atoms with Crippen LogP contribution in [0.2, 0.25) is 0 Å². The van der Waals surface area contributed by atoms with Crippen LogP contribution in [0.5, 0.6) is 0 Å². The second-order valence-corrected chi connectivity index (χ2v) is 14.4. The Morgan fingerprint density at radius 2 is 1.71 bits per heavy atom. The van der Waals surface area contributed by atoms with E-state index in [0.29, 0.717) is 34.0 Å². The molecule has 15 heteroatoms. The molecule has 0 bridgehead atoms. The van der Waals surface area contributed by atoms with Crippen LogP contribution in [-0.4, -0.2) is 64.3 Å². The third-order valence-corrected chi connectivity index (χ3v) is 11.5. The number of imidazole rings is 1.